The van der Waals surface area contributed by atoms with E-state index in [4.69, 9.17) is 11.6 Å². The molecular formula is C18H22ClN5O2S. The van der Waals surface area contributed by atoms with Crippen molar-refractivity contribution in [1.82, 2.24) is 19.6 Å². The molecule has 0 saturated heterocycles. The highest BCUT2D eigenvalue weighted by atomic mass is 35.5. The van der Waals surface area contributed by atoms with Crippen molar-refractivity contribution in [1.29, 1.82) is 0 Å². The molecular weight excluding hydrogens is 386 g/mol. The summed E-state index contributed by atoms with van der Waals surface area (Å²) in [6, 6.07) is 7.98. The van der Waals surface area contributed by atoms with Gasteiger partial charge in [0.1, 0.15) is 0 Å². The molecule has 0 aliphatic heterocycles. The van der Waals surface area contributed by atoms with Crippen LogP contribution in [-0.2, 0) is 10.0 Å². The number of unbranched alkanes of at least 4 members (excludes halogenated alkanes) is 2. The highest BCUT2D eigenvalue weighted by molar-refractivity contribution is 7.92. The number of rotatable bonds is 7. The lowest BCUT2D eigenvalue weighted by Gasteiger charge is -2.20. The Hall–Kier alpha value is -2.19. The van der Waals surface area contributed by atoms with Gasteiger partial charge in [0.15, 0.2) is 0 Å². The fourth-order valence-electron chi connectivity index (χ4n) is 2.83. The molecule has 0 aliphatic carbocycles. The molecule has 0 saturated carbocycles. The maximum Gasteiger partial charge on any atom is 0.266 e. The first kappa shape index (κ1) is 19.6. The highest BCUT2D eigenvalue weighted by Crippen LogP contribution is 2.24. The largest absolute Gasteiger partial charge is 0.266 e. The van der Waals surface area contributed by atoms with Gasteiger partial charge in [0.25, 0.3) is 21.7 Å². The van der Waals surface area contributed by atoms with Crippen LogP contribution in [0, 0.1) is 13.8 Å². The normalized spacial score (nSPS) is 11.9. The summed E-state index contributed by atoms with van der Waals surface area (Å²) < 4.78 is 29.3. The molecule has 9 heteroatoms. The number of benzene rings is 1. The van der Waals surface area contributed by atoms with E-state index < -0.39 is 10.0 Å². The first-order chi connectivity index (χ1) is 12.8. The van der Waals surface area contributed by atoms with Crippen molar-refractivity contribution in [2.24, 2.45) is 0 Å². The first-order valence-corrected chi connectivity index (χ1v) is 10.6. The highest BCUT2D eigenvalue weighted by Gasteiger charge is 2.28. The smallest absolute Gasteiger partial charge is 0.232 e. The summed E-state index contributed by atoms with van der Waals surface area (Å²) in [6.07, 6.45) is 2.61. The third-order valence-electron chi connectivity index (χ3n) is 4.20. The molecule has 7 nitrogen and oxygen atoms in total. The Bertz CT molecular complexity index is 1050. The van der Waals surface area contributed by atoms with E-state index >= 15 is 0 Å². The van der Waals surface area contributed by atoms with Crippen molar-refractivity contribution in [2.75, 3.05) is 10.8 Å². The summed E-state index contributed by atoms with van der Waals surface area (Å²) in [7, 11) is -3.81. The van der Waals surface area contributed by atoms with Gasteiger partial charge in [-0.1, -0.05) is 31.4 Å². The number of halogens is 1. The van der Waals surface area contributed by atoms with Crippen LogP contribution in [0.3, 0.4) is 0 Å². The molecule has 3 rings (SSSR count). The Balaban J connectivity index is 2.08. The molecule has 0 amide bonds. The van der Waals surface area contributed by atoms with Gasteiger partial charge in [0, 0.05) is 23.0 Å². The monoisotopic (exact) mass is 407 g/mol. The van der Waals surface area contributed by atoms with Crippen LogP contribution >= 0.6 is 11.6 Å². The molecule has 0 atom stereocenters. The number of hydrogen-bond acceptors (Lipinski definition) is 5. The molecule has 0 radical (unpaired) electrons. The van der Waals surface area contributed by atoms with Gasteiger partial charge in [-0.05, 0) is 50.6 Å². The van der Waals surface area contributed by atoms with Gasteiger partial charge in [0.05, 0.1) is 4.90 Å². The van der Waals surface area contributed by atoms with Crippen LogP contribution in [0.15, 0.2) is 35.2 Å². The minimum atomic E-state index is -3.81. The standard InChI is InChI=1S/C18H22ClN5O2S/c1-4-5-6-11-23(27(25,26)16-9-7-15(19)8-10-16)18-21-17-20-13(2)12-14(3)24(17)22-18/h7-10,12H,4-6,11H2,1-3H3. The second-order valence-corrected chi connectivity index (χ2v) is 8.70. The second-order valence-electron chi connectivity index (χ2n) is 6.40. The van der Waals surface area contributed by atoms with E-state index in [1.807, 2.05) is 19.9 Å². The van der Waals surface area contributed by atoms with E-state index in [0.29, 0.717) is 23.8 Å². The molecule has 0 bridgehead atoms. The van der Waals surface area contributed by atoms with Crippen molar-refractivity contribution in [3.8, 4) is 0 Å². The number of fused-ring (bicyclic) bond motifs is 1. The summed E-state index contributed by atoms with van der Waals surface area (Å²) in [4.78, 5) is 8.89. The average Bonchev–Trinajstić information content (AvgIpc) is 3.02. The second kappa shape index (κ2) is 7.82. The predicted octanol–water partition coefficient (Wildman–Crippen LogP) is 3.78. The van der Waals surface area contributed by atoms with Crippen LogP contribution in [0.25, 0.3) is 5.78 Å². The van der Waals surface area contributed by atoms with Gasteiger partial charge < -0.3 is 0 Å². The number of aryl methyl sites for hydroxylation is 2. The zero-order valence-corrected chi connectivity index (χ0v) is 17.1. The van der Waals surface area contributed by atoms with Crippen molar-refractivity contribution in [2.45, 2.75) is 44.9 Å². The number of nitrogens with zero attached hydrogens (tertiary/aromatic N) is 5. The summed E-state index contributed by atoms with van der Waals surface area (Å²) in [6.45, 7) is 6.12. The molecule has 2 heterocycles. The maximum atomic E-state index is 13.2. The Kier molecular flexibility index (Phi) is 5.67. The van der Waals surface area contributed by atoms with Crippen LogP contribution < -0.4 is 4.31 Å². The molecule has 144 valence electrons. The molecule has 0 N–H and O–H groups in total. The quantitative estimate of drug-likeness (QED) is 0.557. The molecule has 3 aromatic rings. The molecule has 2 aromatic heterocycles. The van der Waals surface area contributed by atoms with Gasteiger partial charge in [-0.25, -0.2) is 17.7 Å². The summed E-state index contributed by atoms with van der Waals surface area (Å²) in [5.41, 5.74) is 1.64. The minimum Gasteiger partial charge on any atom is -0.232 e. The lowest BCUT2D eigenvalue weighted by atomic mass is 10.2. The van der Waals surface area contributed by atoms with Crippen LogP contribution in [0.2, 0.25) is 5.02 Å². The molecule has 1 aromatic carbocycles. The molecule has 0 fully saturated rings. The van der Waals surface area contributed by atoms with E-state index in [1.165, 1.54) is 16.4 Å². The third kappa shape index (κ3) is 4.06. The van der Waals surface area contributed by atoms with E-state index in [0.717, 1.165) is 24.2 Å². The van der Waals surface area contributed by atoms with Crippen molar-refractivity contribution >= 4 is 33.4 Å². The molecule has 0 spiro atoms. The topological polar surface area (TPSA) is 80.5 Å². The summed E-state index contributed by atoms with van der Waals surface area (Å²) in [5, 5.41) is 4.88. The lowest BCUT2D eigenvalue weighted by molar-refractivity contribution is 0.585. The fraction of sp³-hybridized carbons (Fsp3) is 0.389. The average molecular weight is 408 g/mol. The zero-order chi connectivity index (χ0) is 19.6. The number of aromatic nitrogens is 4. The number of anilines is 1. The van der Waals surface area contributed by atoms with E-state index in [-0.39, 0.29) is 10.8 Å². The van der Waals surface area contributed by atoms with Gasteiger partial charge >= 0.3 is 0 Å². The maximum absolute atomic E-state index is 13.2. The van der Waals surface area contributed by atoms with Crippen LogP contribution in [-0.4, -0.2) is 34.5 Å². The van der Waals surface area contributed by atoms with Crippen molar-refractivity contribution in [3.63, 3.8) is 0 Å². The number of sulfonamides is 1. The van der Waals surface area contributed by atoms with Gasteiger partial charge in [-0.15, -0.1) is 5.10 Å². The van der Waals surface area contributed by atoms with Crippen molar-refractivity contribution < 1.29 is 8.42 Å². The summed E-state index contributed by atoms with van der Waals surface area (Å²) in [5.74, 6) is 0.511. The fourth-order valence-corrected chi connectivity index (χ4v) is 4.35. The van der Waals surface area contributed by atoms with Gasteiger partial charge in [0.2, 0.25) is 0 Å². The molecule has 0 aliphatic rings. The Labute approximate surface area is 164 Å². The van der Waals surface area contributed by atoms with Gasteiger partial charge in [-0.3, -0.25) is 0 Å². The van der Waals surface area contributed by atoms with E-state index in [9.17, 15) is 8.42 Å². The van der Waals surface area contributed by atoms with Crippen LogP contribution in [0.5, 0.6) is 0 Å². The van der Waals surface area contributed by atoms with Crippen LogP contribution in [0.4, 0.5) is 5.95 Å². The first-order valence-electron chi connectivity index (χ1n) is 8.82. The SMILES string of the molecule is CCCCCN(c1nc2nc(C)cc(C)n2n1)S(=O)(=O)c1ccc(Cl)cc1. The van der Waals surface area contributed by atoms with E-state index in [1.54, 1.807) is 16.6 Å². The Morgan fingerprint density at radius 3 is 2.48 bits per heavy atom. The molecule has 27 heavy (non-hydrogen) atoms. The zero-order valence-electron chi connectivity index (χ0n) is 15.6. The summed E-state index contributed by atoms with van der Waals surface area (Å²) >= 11 is 5.90. The van der Waals surface area contributed by atoms with Crippen LogP contribution in [0.1, 0.15) is 37.6 Å². The number of hydrogen-bond donors (Lipinski definition) is 0. The van der Waals surface area contributed by atoms with E-state index in [2.05, 4.69) is 22.0 Å². The van der Waals surface area contributed by atoms with Gasteiger partial charge in [-0.2, -0.15) is 9.50 Å². The molecule has 0 unspecified atom stereocenters. The Morgan fingerprint density at radius 2 is 1.81 bits per heavy atom. The third-order valence-corrected chi connectivity index (χ3v) is 6.24. The minimum absolute atomic E-state index is 0.127. The van der Waals surface area contributed by atoms with Crippen molar-refractivity contribution in [3.05, 3.63) is 46.7 Å². The Morgan fingerprint density at radius 1 is 1.11 bits per heavy atom. The lowest BCUT2D eigenvalue weighted by Crippen LogP contribution is -2.33. The predicted molar refractivity (Wildman–Crippen MR) is 106 cm³/mol.